The zero-order valence-electron chi connectivity index (χ0n) is 10.9. The summed E-state index contributed by atoms with van der Waals surface area (Å²) in [6, 6.07) is 1.96. The van der Waals surface area contributed by atoms with E-state index in [9.17, 15) is 9.90 Å². The number of carbonyl (C=O) groups is 1. The Kier molecular flexibility index (Phi) is 3.04. The summed E-state index contributed by atoms with van der Waals surface area (Å²) in [5, 5.41) is 9.60. The van der Waals surface area contributed by atoms with Crippen LogP contribution in [0, 0.1) is 18.3 Å². The van der Waals surface area contributed by atoms with Gasteiger partial charge in [-0.3, -0.25) is 4.79 Å². The lowest BCUT2D eigenvalue weighted by Crippen LogP contribution is -2.35. The average molecular weight is 325 g/mol. The summed E-state index contributed by atoms with van der Waals surface area (Å²) in [5.74, 6) is 0.510. The van der Waals surface area contributed by atoms with Crippen LogP contribution in [0.2, 0.25) is 0 Å². The van der Waals surface area contributed by atoms with Crippen LogP contribution >= 0.6 is 15.9 Å². The molecular weight excluding hydrogens is 308 g/mol. The van der Waals surface area contributed by atoms with Crippen molar-refractivity contribution in [3.63, 3.8) is 0 Å². The van der Waals surface area contributed by atoms with Crippen LogP contribution < -0.4 is 4.90 Å². The molecule has 0 amide bonds. The van der Waals surface area contributed by atoms with E-state index in [1.54, 1.807) is 6.20 Å². The minimum atomic E-state index is -0.638. The van der Waals surface area contributed by atoms with Crippen LogP contribution in [-0.2, 0) is 4.79 Å². The summed E-state index contributed by atoms with van der Waals surface area (Å²) in [4.78, 5) is 18.2. The number of anilines is 1. The molecule has 0 unspecified atom stereocenters. The van der Waals surface area contributed by atoms with Crippen LogP contribution in [-0.4, -0.2) is 29.1 Å². The number of hydrogen-bond acceptors (Lipinski definition) is 3. The Morgan fingerprint density at radius 3 is 3.11 bits per heavy atom. The van der Waals surface area contributed by atoms with E-state index >= 15 is 0 Å². The average Bonchev–Trinajstić information content (AvgIpc) is 2.90. The maximum absolute atomic E-state index is 11.7. The normalized spacial score (nSPS) is 29.6. The van der Waals surface area contributed by atoms with Crippen LogP contribution in [0.4, 0.5) is 5.82 Å². The maximum atomic E-state index is 11.7. The first kappa shape index (κ1) is 12.9. The minimum Gasteiger partial charge on any atom is -0.481 e. The van der Waals surface area contributed by atoms with Gasteiger partial charge in [0.15, 0.2) is 0 Å². The third-order valence-electron chi connectivity index (χ3n) is 4.66. The number of aryl methyl sites for hydroxylation is 1. The van der Waals surface area contributed by atoms with E-state index < -0.39 is 11.4 Å². The summed E-state index contributed by atoms with van der Waals surface area (Å²) in [7, 11) is 0. The lowest BCUT2D eigenvalue weighted by Gasteiger charge is -2.24. The van der Waals surface area contributed by atoms with Gasteiger partial charge in [0.1, 0.15) is 5.82 Å². The minimum absolute atomic E-state index is 0.263. The van der Waals surface area contributed by atoms with Gasteiger partial charge in [-0.05, 0) is 53.2 Å². The number of halogens is 1. The van der Waals surface area contributed by atoms with Crippen molar-refractivity contribution < 1.29 is 9.90 Å². The molecule has 2 aliphatic rings. The molecule has 1 aromatic heterocycles. The van der Waals surface area contributed by atoms with Crippen LogP contribution in [0.1, 0.15) is 24.8 Å². The molecule has 1 aliphatic heterocycles. The molecule has 0 radical (unpaired) electrons. The number of fused-ring (bicyclic) bond motifs is 1. The number of pyridine rings is 1. The molecule has 1 saturated carbocycles. The van der Waals surface area contributed by atoms with Gasteiger partial charge in [0.25, 0.3) is 0 Å². The first-order chi connectivity index (χ1) is 9.04. The Balaban J connectivity index is 1.94. The maximum Gasteiger partial charge on any atom is 0.311 e. The van der Waals surface area contributed by atoms with Crippen LogP contribution in [0.25, 0.3) is 0 Å². The van der Waals surface area contributed by atoms with Gasteiger partial charge in [0.2, 0.25) is 0 Å². The smallest absolute Gasteiger partial charge is 0.311 e. The number of carboxylic acid groups (broad SMARTS) is 1. The van der Waals surface area contributed by atoms with Gasteiger partial charge in [-0.25, -0.2) is 4.98 Å². The van der Waals surface area contributed by atoms with Gasteiger partial charge in [-0.2, -0.15) is 0 Å². The van der Waals surface area contributed by atoms with E-state index in [1.165, 1.54) is 0 Å². The molecule has 1 N–H and O–H groups in total. The number of nitrogens with zero attached hydrogens (tertiary/aromatic N) is 2. The summed E-state index contributed by atoms with van der Waals surface area (Å²) in [6.45, 7) is 3.42. The summed E-state index contributed by atoms with van der Waals surface area (Å²) in [5.41, 5.74) is 0.580. The number of carboxylic acids is 1. The molecule has 0 bridgehead atoms. The molecule has 3 rings (SSSR count). The molecule has 4 nitrogen and oxygen atoms in total. The molecule has 19 heavy (non-hydrogen) atoms. The molecule has 5 heteroatoms. The second kappa shape index (κ2) is 4.47. The predicted octanol–water partition coefficient (Wildman–Crippen LogP) is 2.84. The lowest BCUT2D eigenvalue weighted by atomic mass is 9.81. The molecule has 0 spiro atoms. The molecule has 2 fully saturated rings. The fourth-order valence-electron chi connectivity index (χ4n) is 3.55. The van der Waals surface area contributed by atoms with Crippen molar-refractivity contribution in [1.82, 2.24) is 4.98 Å². The van der Waals surface area contributed by atoms with Crippen molar-refractivity contribution in [2.75, 3.05) is 18.0 Å². The van der Waals surface area contributed by atoms with E-state index in [2.05, 4.69) is 25.8 Å². The monoisotopic (exact) mass is 324 g/mol. The van der Waals surface area contributed by atoms with Gasteiger partial charge in [-0.15, -0.1) is 0 Å². The molecule has 2 atom stereocenters. The predicted molar refractivity (Wildman–Crippen MR) is 76.3 cm³/mol. The third kappa shape index (κ3) is 1.86. The number of aliphatic carboxylic acids is 1. The second-order valence-corrected chi connectivity index (χ2v) is 6.49. The lowest BCUT2D eigenvalue weighted by molar-refractivity contribution is -0.149. The van der Waals surface area contributed by atoms with Crippen molar-refractivity contribution in [1.29, 1.82) is 0 Å². The molecule has 1 aromatic rings. The largest absolute Gasteiger partial charge is 0.481 e. The van der Waals surface area contributed by atoms with Gasteiger partial charge < -0.3 is 10.0 Å². The van der Waals surface area contributed by atoms with Crippen molar-refractivity contribution in [2.45, 2.75) is 26.2 Å². The van der Waals surface area contributed by atoms with E-state index in [0.29, 0.717) is 6.54 Å². The van der Waals surface area contributed by atoms with E-state index in [0.717, 1.165) is 41.7 Å². The molecule has 1 saturated heterocycles. The van der Waals surface area contributed by atoms with E-state index in [1.807, 2.05) is 13.0 Å². The highest BCUT2D eigenvalue weighted by atomic mass is 79.9. The summed E-state index contributed by atoms with van der Waals surface area (Å²) >= 11 is 3.57. The molecule has 1 aliphatic carbocycles. The Labute approximate surface area is 121 Å². The number of aromatic nitrogens is 1. The highest BCUT2D eigenvalue weighted by Gasteiger charge is 2.55. The van der Waals surface area contributed by atoms with Gasteiger partial charge in [0.05, 0.1) is 9.89 Å². The molecule has 2 heterocycles. The molecule has 102 valence electrons. The zero-order valence-corrected chi connectivity index (χ0v) is 12.5. The third-order valence-corrected chi connectivity index (χ3v) is 5.64. The van der Waals surface area contributed by atoms with Gasteiger partial charge >= 0.3 is 5.97 Å². The standard InChI is InChI=1S/C14H17BrN2O2/c1-9-4-6-16-12(11(9)15)17-7-10-3-2-5-14(10,8-17)13(18)19/h4,6,10H,2-3,5,7-8H2,1H3,(H,18,19)/t10-,14+/m0/s1. The Bertz CT molecular complexity index is 534. The number of rotatable bonds is 2. The SMILES string of the molecule is Cc1ccnc(N2C[C@@H]3CCC[C@@]3(C(=O)O)C2)c1Br. The fourth-order valence-corrected chi connectivity index (χ4v) is 4.03. The topological polar surface area (TPSA) is 53.4 Å². The second-order valence-electron chi connectivity index (χ2n) is 5.70. The molecular formula is C14H17BrN2O2. The Hall–Kier alpha value is -1.10. The first-order valence-corrected chi connectivity index (χ1v) is 7.43. The van der Waals surface area contributed by atoms with Gasteiger partial charge in [0, 0.05) is 19.3 Å². The highest BCUT2D eigenvalue weighted by Crippen LogP contribution is 2.50. The fraction of sp³-hybridized carbons (Fsp3) is 0.571. The quantitative estimate of drug-likeness (QED) is 0.908. The van der Waals surface area contributed by atoms with Crippen molar-refractivity contribution in [3.8, 4) is 0 Å². The highest BCUT2D eigenvalue weighted by molar-refractivity contribution is 9.10. The van der Waals surface area contributed by atoms with Crippen LogP contribution in [0.3, 0.4) is 0 Å². The van der Waals surface area contributed by atoms with Crippen molar-refractivity contribution in [2.24, 2.45) is 11.3 Å². The first-order valence-electron chi connectivity index (χ1n) is 6.64. The van der Waals surface area contributed by atoms with Crippen molar-refractivity contribution in [3.05, 3.63) is 22.3 Å². The van der Waals surface area contributed by atoms with Crippen LogP contribution in [0.5, 0.6) is 0 Å². The zero-order chi connectivity index (χ0) is 13.6. The van der Waals surface area contributed by atoms with E-state index in [-0.39, 0.29) is 5.92 Å². The summed E-state index contributed by atoms with van der Waals surface area (Å²) in [6.07, 6.45) is 4.64. The van der Waals surface area contributed by atoms with Crippen LogP contribution in [0.15, 0.2) is 16.7 Å². The summed E-state index contributed by atoms with van der Waals surface area (Å²) < 4.78 is 0.982. The van der Waals surface area contributed by atoms with Gasteiger partial charge in [-0.1, -0.05) is 6.42 Å². The number of hydrogen-bond donors (Lipinski definition) is 1. The molecule has 0 aromatic carbocycles. The van der Waals surface area contributed by atoms with Crippen molar-refractivity contribution >= 4 is 27.7 Å². The van der Waals surface area contributed by atoms with E-state index in [4.69, 9.17) is 0 Å². The Morgan fingerprint density at radius 1 is 1.63 bits per heavy atom. The Morgan fingerprint density at radius 2 is 2.42 bits per heavy atom.